The van der Waals surface area contributed by atoms with E-state index in [2.05, 4.69) is 16.4 Å². The highest BCUT2D eigenvalue weighted by Gasteiger charge is 2.22. The molecule has 2 N–H and O–H groups in total. The highest BCUT2D eigenvalue weighted by atomic mass is 35.5. The molecule has 7 heteroatoms. The third kappa shape index (κ3) is 4.82. The molecule has 6 nitrogen and oxygen atoms in total. The van der Waals surface area contributed by atoms with Gasteiger partial charge in [-0.05, 0) is 41.0 Å². The number of carbonyl (C=O) groups excluding carboxylic acids is 1. The molecule has 3 aromatic carbocycles. The molecule has 1 aromatic heterocycles. The molecule has 1 atom stereocenters. The average Bonchev–Trinajstić information content (AvgIpc) is 3.28. The molecule has 0 bridgehead atoms. The Kier molecular flexibility index (Phi) is 7.28. The second-order valence-corrected chi connectivity index (χ2v) is 8.29. The van der Waals surface area contributed by atoms with Crippen LogP contribution in [0.4, 0.5) is 0 Å². The number of methoxy groups -OCH3 is 3. The van der Waals surface area contributed by atoms with E-state index in [1.54, 1.807) is 33.5 Å². The van der Waals surface area contributed by atoms with Crippen LogP contribution in [-0.2, 0) is 11.2 Å². The maximum atomic E-state index is 13.0. The highest BCUT2D eigenvalue weighted by molar-refractivity contribution is 6.31. The van der Waals surface area contributed by atoms with Crippen molar-refractivity contribution in [2.45, 2.75) is 12.3 Å². The minimum absolute atomic E-state index is 0.117. The van der Waals surface area contributed by atoms with Crippen LogP contribution in [0.25, 0.3) is 10.9 Å². The molecule has 34 heavy (non-hydrogen) atoms. The van der Waals surface area contributed by atoms with Gasteiger partial charge in [-0.3, -0.25) is 4.79 Å². The van der Waals surface area contributed by atoms with Crippen molar-refractivity contribution in [1.29, 1.82) is 0 Å². The van der Waals surface area contributed by atoms with Crippen molar-refractivity contribution in [2.24, 2.45) is 0 Å². The number of carbonyl (C=O) groups is 1. The van der Waals surface area contributed by atoms with Gasteiger partial charge in [-0.1, -0.05) is 48.0 Å². The van der Waals surface area contributed by atoms with Crippen LogP contribution in [0.3, 0.4) is 0 Å². The number of amides is 1. The number of para-hydroxylation sites is 1. The number of fused-ring (bicyclic) bond motifs is 1. The molecule has 0 aliphatic carbocycles. The summed E-state index contributed by atoms with van der Waals surface area (Å²) in [5, 5.41) is 4.86. The first-order valence-corrected chi connectivity index (χ1v) is 11.3. The average molecular weight is 479 g/mol. The Hall–Kier alpha value is -3.64. The summed E-state index contributed by atoms with van der Waals surface area (Å²) >= 11 is 6.56. The summed E-state index contributed by atoms with van der Waals surface area (Å²) in [5.41, 5.74) is 3.84. The summed E-state index contributed by atoms with van der Waals surface area (Å²) in [7, 11) is 4.65. The molecule has 4 rings (SSSR count). The molecule has 0 aliphatic heterocycles. The van der Waals surface area contributed by atoms with Crippen LogP contribution in [0.1, 0.15) is 22.6 Å². The topological polar surface area (TPSA) is 72.6 Å². The second kappa shape index (κ2) is 10.5. The molecule has 176 valence electrons. The first-order valence-electron chi connectivity index (χ1n) is 10.9. The van der Waals surface area contributed by atoms with E-state index in [1.807, 2.05) is 48.7 Å². The summed E-state index contributed by atoms with van der Waals surface area (Å²) < 4.78 is 16.2. The standard InChI is InChI=1S/C27H27ClN2O4/c1-32-24-12-17(13-25(33-2)27(24)34-3)14-26(31)30-16-20(18-8-4-6-10-22(18)28)21-15-29-23-11-7-5-9-19(21)23/h4-13,15,20,29H,14,16H2,1-3H3,(H,30,31). The maximum absolute atomic E-state index is 13.0. The summed E-state index contributed by atoms with van der Waals surface area (Å²) in [6, 6.07) is 19.4. The van der Waals surface area contributed by atoms with Gasteiger partial charge < -0.3 is 24.5 Å². The Labute approximate surface area is 203 Å². The Morgan fingerprint density at radius 2 is 1.62 bits per heavy atom. The van der Waals surface area contributed by atoms with Crippen LogP contribution in [-0.4, -0.2) is 38.8 Å². The van der Waals surface area contributed by atoms with Crippen molar-refractivity contribution in [2.75, 3.05) is 27.9 Å². The van der Waals surface area contributed by atoms with Crippen LogP contribution in [0.2, 0.25) is 5.02 Å². The Bertz CT molecular complexity index is 1280. The number of ether oxygens (including phenoxy) is 3. The number of aromatic nitrogens is 1. The lowest BCUT2D eigenvalue weighted by Crippen LogP contribution is -2.30. The van der Waals surface area contributed by atoms with Crippen LogP contribution in [0.5, 0.6) is 17.2 Å². The van der Waals surface area contributed by atoms with Gasteiger partial charge in [0, 0.05) is 34.6 Å². The summed E-state index contributed by atoms with van der Waals surface area (Å²) in [5.74, 6) is 1.28. The largest absolute Gasteiger partial charge is 0.493 e. The normalized spacial score (nSPS) is 11.8. The van der Waals surface area contributed by atoms with Gasteiger partial charge in [-0.25, -0.2) is 0 Å². The van der Waals surface area contributed by atoms with Gasteiger partial charge in [0.05, 0.1) is 27.8 Å². The molecule has 0 radical (unpaired) electrons. The van der Waals surface area contributed by atoms with E-state index in [0.717, 1.165) is 27.6 Å². The van der Waals surface area contributed by atoms with Gasteiger partial charge in [0.25, 0.3) is 0 Å². The molecule has 0 spiro atoms. The monoisotopic (exact) mass is 478 g/mol. The van der Waals surface area contributed by atoms with Crippen LogP contribution >= 0.6 is 11.6 Å². The highest BCUT2D eigenvalue weighted by Crippen LogP contribution is 2.38. The molecular weight excluding hydrogens is 452 g/mol. The van der Waals surface area contributed by atoms with Crippen molar-refractivity contribution >= 4 is 28.4 Å². The van der Waals surface area contributed by atoms with E-state index >= 15 is 0 Å². The van der Waals surface area contributed by atoms with Crippen LogP contribution in [0, 0.1) is 0 Å². The lowest BCUT2D eigenvalue weighted by Gasteiger charge is -2.20. The van der Waals surface area contributed by atoms with Gasteiger partial charge in [0.15, 0.2) is 11.5 Å². The maximum Gasteiger partial charge on any atom is 0.224 e. The van der Waals surface area contributed by atoms with E-state index in [1.165, 1.54) is 0 Å². The first kappa shape index (κ1) is 23.5. The van der Waals surface area contributed by atoms with Gasteiger partial charge in [0.1, 0.15) is 0 Å². The van der Waals surface area contributed by atoms with E-state index in [0.29, 0.717) is 28.8 Å². The number of benzene rings is 3. The molecule has 0 fully saturated rings. The first-order chi connectivity index (χ1) is 16.5. The zero-order valence-corrected chi connectivity index (χ0v) is 20.1. The Balaban J connectivity index is 1.58. The molecule has 1 unspecified atom stereocenters. The lowest BCUT2D eigenvalue weighted by atomic mass is 9.90. The SMILES string of the molecule is COc1cc(CC(=O)NCC(c2ccccc2Cl)c2c[nH]c3ccccc23)cc(OC)c1OC. The van der Waals surface area contributed by atoms with E-state index < -0.39 is 0 Å². The molecular formula is C27H27ClN2O4. The van der Waals surface area contributed by atoms with Crippen molar-refractivity contribution in [3.05, 3.63) is 88.6 Å². The van der Waals surface area contributed by atoms with E-state index in [-0.39, 0.29) is 18.2 Å². The predicted molar refractivity (Wildman–Crippen MR) is 134 cm³/mol. The summed E-state index contributed by atoms with van der Waals surface area (Å²) in [4.78, 5) is 16.3. The molecule has 1 heterocycles. The third-order valence-corrected chi connectivity index (χ3v) is 6.21. The number of aromatic amines is 1. The van der Waals surface area contributed by atoms with Crippen molar-refractivity contribution in [1.82, 2.24) is 10.3 Å². The zero-order valence-electron chi connectivity index (χ0n) is 19.4. The van der Waals surface area contributed by atoms with E-state index in [4.69, 9.17) is 25.8 Å². The third-order valence-electron chi connectivity index (χ3n) is 5.87. The van der Waals surface area contributed by atoms with Gasteiger partial charge in [-0.2, -0.15) is 0 Å². The van der Waals surface area contributed by atoms with Gasteiger partial charge >= 0.3 is 0 Å². The molecule has 1 amide bonds. The fourth-order valence-electron chi connectivity index (χ4n) is 4.23. The molecule has 0 saturated carbocycles. The number of nitrogens with one attached hydrogen (secondary N) is 2. The smallest absolute Gasteiger partial charge is 0.224 e. The number of hydrogen-bond acceptors (Lipinski definition) is 4. The molecule has 0 aliphatic rings. The lowest BCUT2D eigenvalue weighted by molar-refractivity contribution is -0.120. The van der Waals surface area contributed by atoms with Crippen LogP contribution in [0.15, 0.2) is 66.9 Å². The number of hydrogen-bond donors (Lipinski definition) is 2. The number of H-pyrrole nitrogens is 1. The summed E-state index contributed by atoms with van der Waals surface area (Å²) in [6.07, 6.45) is 2.16. The van der Waals surface area contributed by atoms with Crippen LogP contribution < -0.4 is 19.5 Å². The van der Waals surface area contributed by atoms with Crippen molar-refractivity contribution in [3.8, 4) is 17.2 Å². The minimum atomic E-state index is -0.119. The zero-order chi connectivity index (χ0) is 24.1. The number of halogens is 1. The van der Waals surface area contributed by atoms with Crippen molar-refractivity contribution < 1.29 is 19.0 Å². The van der Waals surface area contributed by atoms with E-state index in [9.17, 15) is 4.79 Å². The summed E-state index contributed by atoms with van der Waals surface area (Å²) in [6.45, 7) is 0.398. The minimum Gasteiger partial charge on any atom is -0.493 e. The number of rotatable bonds is 9. The fraction of sp³-hybridized carbons (Fsp3) is 0.222. The second-order valence-electron chi connectivity index (χ2n) is 7.88. The quantitative estimate of drug-likeness (QED) is 0.340. The van der Waals surface area contributed by atoms with Crippen molar-refractivity contribution in [3.63, 3.8) is 0 Å². The predicted octanol–water partition coefficient (Wildman–Crippen LogP) is 5.34. The Morgan fingerprint density at radius 1 is 0.941 bits per heavy atom. The molecule has 4 aromatic rings. The fourth-order valence-corrected chi connectivity index (χ4v) is 4.50. The molecule has 0 saturated heterocycles. The van der Waals surface area contributed by atoms with Gasteiger partial charge in [0.2, 0.25) is 11.7 Å². The van der Waals surface area contributed by atoms with Gasteiger partial charge in [-0.15, -0.1) is 0 Å². The Morgan fingerprint density at radius 3 is 2.29 bits per heavy atom.